The van der Waals surface area contributed by atoms with E-state index in [1.165, 1.54) is 22.7 Å². The Labute approximate surface area is 101 Å². The summed E-state index contributed by atoms with van der Waals surface area (Å²) < 4.78 is 0. The molecule has 0 atom stereocenters. The second-order valence-electron chi connectivity index (χ2n) is 3.57. The van der Waals surface area contributed by atoms with E-state index in [2.05, 4.69) is 9.97 Å². The van der Waals surface area contributed by atoms with Crippen molar-refractivity contribution in [1.29, 1.82) is 0 Å². The highest BCUT2D eigenvalue weighted by Crippen LogP contribution is 2.31. The molecule has 16 heavy (non-hydrogen) atoms. The van der Waals surface area contributed by atoms with Crippen LogP contribution >= 0.6 is 22.7 Å². The number of carbonyl (C=O) groups is 1. The van der Waals surface area contributed by atoms with Crippen molar-refractivity contribution in [1.82, 2.24) is 9.97 Å². The Balaban J connectivity index is 2.51. The van der Waals surface area contributed by atoms with E-state index in [-0.39, 0.29) is 5.92 Å². The van der Waals surface area contributed by atoms with Gasteiger partial charge in [0, 0.05) is 5.38 Å². The molecule has 84 valence electrons. The first kappa shape index (κ1) is 11.2. The van der Waals surface area contributed by atoms with Gasteiger partial charge < -0.3 is 5.11 Å². The Morgan fingerprint density at radius 2 is 2.25 bits per heavy atom. The molecule has 6 heteroatoms. The molecular weight excluding hydrogens is 244 g/mol. The van der Waals surface area contributed by atoms with Crippen LogP contribution in [0.25, 0.3) is 10.7 Å². The predicted octanol–water partition coefficient (Wildman–Crippen LogP) is 3.09. The first-order chi connectivity index (χ1) is 7.59. The minimum atomic E-state index is -0.914. The first-order valence-corrected chi connectivity index (χ1v) is 6.48. The molecule has 0 aliphatic rings. The molecule has 2 rings (SSSR count). The van der Waals surface area contributed by atoms with E-state index >= 15 is 0 Å². The van der Waals surface area contributed by atoms with Gasteiger partial charge in [-0.3, -0.25) is 0 Å². The van der Waals surface area contributed by atoms with Crippen molar-refractivity contribution in [2.75, 3.05) is 0 Å². The smallest absolute Gasteiger partial charge is 0.347 e. The van der Waals surface area contributed by atoms with Crippen molar-refractivity contribution in [2.24, 2.45) is 0 Å². The zero-order chi connectivity index (χ0) is 11.7. The van der Waals surface area contributed by atoms with Crippen LogP contribution in [-0.2, 0) is 0 Å². The molecule has 0 radical (unpaired) electrons. The SMILES string of the molecule is CC(C)c1nc(-c2cscn2)sc1C(=O)O. The Kier molecular flexibility index (Phi) is 3.02. The predicted molar refractivity (Wildman–Crippen MR) is 64.3 cm³/mol. The second kappa shape index (κ2) is 4.31. The van der Waals surface area contributed by atoms with Crippen LogP contribution in [0.2, 0.25) is 0 Å². The number of hydrogen-bond acceptors (Lipinski definition) is 5. The number of nitrogens with zero attached hydrogens (tertiary/aromatic N) is 2. The molecule has 2 aromatic rings. The molecule has 0 saturated carbocycles. The zero-order valence-electron chi connectivity index (χ0n) is 8.80. The van der Waals surface area contributed by atoms with Crippen molar-refractivity contribution < 1.29 is 9.90 Å². The minimum Gasteiger partial charge on any atom is -0.477 e. The lowest BCUT2D eigenvalue weighted by molar-refractivity contribution is 0.0700. The summed E-state index contributed by atoms with van der Waals surface area (Å²) in [4.78, 5) is 19.9. The van der Waals surface area contributed by atoms with Gasteiger partial charge >= 0.3 is 5.97 Å². The third-order valence-corrected chi connectivity index (χ3v) is 3.71. The van der Waals surface area contributed by atoms with Crippen LogP contribution in [-0.4, -0.2) is 21.0 Å². The Bertz CT molecular complexity index is 503. The molecule has 0 saturated heterocycles. The summed E-state index contributed by atoms with van der Waals surface area (Å²) in [5, 5.41) is 11.6. The largest absolute Gasteiger partial charge is 0.477 e. The Morgan fingerprint density at radius 3 is 2.69 bits per heavy atom. The molecule has 0 aliphatic heterocycles. The van der Waals surface area contributed by atoms with Gasteiger partial charge in [0.2, 0.25) is 0 Å². The van der Waals surface area contributed by atoms with Crippen LogP contribution in [0.3, 0.4) is 0 Å². The molecule has 2 aromatic heterocycles. The second-order valence-corrected chi connectivity index (χ2v) is 5.28. The summed E-state index contributed by atoms with van der Waals surface area (Å²) in [6, 6.07) is 0. The molecule has 2 heterocycles. The first-order valence-electron chi connectivity index (χ1n) is 4.72. The van der Waals surface area contributed by atoms with Gasteiger partial charge in [-0.15, -0.1) is 22.7 Å². The van der Waals surface area contributed by atoms with E-state index in [1.807, 2.05) is 19.2 Å². The maximum Gasteiger partial charge on any atom is 0.347 e. The van der Waals surface area contributed by atoms with Gasteiger partial charge in [0.05, 0.1) is 11.2 Å². The molecule has 0 amide bonds. The number of thiazole rings is 2. The van der Waals surface area contributed by atoms with Crippen LogP contribution in [0.15, 0.2) is 10.9 Å². The lowest BCUT2D eigenvalue weighted by Gasteiger charge is -2.00. The van der Waals surface area contributed by atoms with Crippen LogP contribution in [0, 0.1) is 0 Å². The van der Waals surface area contributed by atoms with E-state index in [9.17, 15) is 4.79 Å². The maximum atomic E-state index is 11.1. The molecule has 0 spiro atoms. The Morgan fingerprint density at radius 1 is 1.50 bits per heavy atom. The number of carboxylic acids is 1. The standard InChI is InChI=1S/C10H10N2O2S2/c1-5(2)7-8(10(13)14)16-9(12-7)6-3-15-4-11-6/h3-5H,1-2H3,(H,13,14). The molecule has 0 unspecified atom stereocenters. The monoisotopic (exact) mass is 254 g/mol. The average Bonchev–Trinajstić information content (AvgIpc) is 2.86. The molecule has 0 bridgehead atoms. The van der Waals surface area contributed by atoms with E-state index in [0.29, 0.717) is 15.6 Å². The molecule has 1 N–H and O–H groups in total. The van der Waals surface area contributed by atoms with Crippen molar-refractivity contribution in [2.45, 2.75) is 19.8 Å². The van der Waals surface area contributed by atoms with Crippen molar-refractivity contribution in [3.63, 3.8) is 0 Å². The van der Waals surface area contributed by atoms with Crippen molar-refractivity contribution in [3.05, 3.63) is 21.5 Å². The molecular formula is C10H10N2O2S2. The summed E-state index contributed by atoms with van der Waals surface area (Å²) in [5.41, 5.74) is 3.11. The molecule has 0 aromatic carbocycles. The highest BCUT2D eigenvalue weighted by molar-refractivity contribution is 7.17. The van der Waals surface area contributed by atoms with Gasteiger partial charge in [-0.1, -0.05) is 13.8 Å². The maximum absolute atomic E-state index is 11.1. The number of aromatic carboxylic acids is 1. The number of hydrogen-bond donors (Lipinski definition) is 1. The fraction of sp³-hybridized carbons (Fsp3) is 0.300. The topological polar surface area (TPSA) is 63.1 Å². The lowest BCUT2D eigenvalue weighted by atomic mass is 10.1. The van der Waals surface area contributed by atoms with Crippen LogP contribution < -0.4 is 0 Å². The fourth-order valence-electron chi connectivity index (χ4n) is 1.30. The third kappa shape index (κ3) is 1.98. The van der Waals surface area contributed by atoms with Crippen molar-refractivity contribution in [3.8, 4) is 10.7 Å². The van der Waals surface area contributed by atoms with E-state index in [0.717, 1.165) is 5.69 Å². The van der Waals surface area contributed by atoms with Gasteiger partial charge in [-0.25, -0.2) is 14.8 Å². The van der Waals surface area contributed by atoms with Crippen molar-refractivity contribution >= 4 is 28.6 Å². The fourth-order valence-corrected chi connectivity index (χ4v) is 2.94. The van der Waals surface area contributed by atoms with Gasteiger partial charge in [0.25, 0.3) is 0 Å². The molecule has 0 aliphatic carbocycles. The molecule has 4 nitrogen and oxygen atoms in total. The minimum absolute atomic E-state index is 0.106. The van der Waals surface area contributed by atoms with E-state index in [4.69, 9.17) is 5.11 Å². The van der Waals surface area contributed by atoms with E-state index < -0.39 is 5.97 Å². The summed E-state index contributed by atoms with van der Waals surface area (Å²) in [5.74, 6) is -0.808. The normalized spacial score (nSPS) is 10.9. The number of carboxylic acid groups (broad SMARTS) is 1. The van der Waals surface area contributed by atoms with E-state index in [1.54, 1.807) is 5.51 Å². The lowest BCUT2D eigenvalue weighted by Crippen LogP contribution is -2.00. The van der Waals surface area contributed by atoms with Crippen LogP contribution in [0.4, 0.5) is 0 Å². The summed E-state index contributed by atoms with van der Waals surface area (Å²) in [7, 11) is 0. The highest BCUT2D eigenvalue weighted by atomic mass is 32.1. The summed E-state index contributed by atoms with van der Waals surface area (Å²) in [6.07, 6.45) is 0. The van der Waals surface area contributed by atoms with Crippen LogP contribution in [0.1, 0.15) is 35.1 Å². The average molecular weight is 254 g/mol. The summed E-state index contributed by atoms with van der Waals surface area (Å²) in [6.45, 7) is 3.87. The summed E-state index contributed by atoms with van der Waals surface area (Å²) >= 11 is 2.66. The van der Waals surface area contributed by atoms with Gasteiger partial charge in [-0.05, 0) is 5.92 Å². The van der Waals surface area contributed by atoms with Gasteiger partial charge in [0.15, 0.2) is 0 Å². The number of aromatic nitrogens is 2. The zero-order valence-corrected chi connectivity index (χ0v) is 10.4. The quantitative estimate of drug-likeness (QED) is 0.914. The van der Waals surface area contributed by atoms with Gasteiger partial charge in [-0.2, -0.15) is 0 Å². The highest BCUT2D eigenvalue weighted by Gasteiger charge is 2.20. The molecule has 0 fully saturated rings. The number of rotatable bonds is 3. The third-order valence-electron chi connectivity index (χ3n) is 2.05. The van der Waals surface area contributed by atoms with Gasteiger partial charge in [0.1, 0.15) is 15.6 Å². The Hall–Kier alpha value is -1.27. The van der Waals surface area contributed by atoms with Crippen LogP contribution in [0.5, 0.6) is 0 Å².